The number of rotatable bonds is 8. The average molecular weight is 525 g/mol. The Morgan fingerprint density at radius 2 is 1.82 bits per heavy atom. The third-order valence-corrected chi connectivity index (χ3v) is 7.08. The van der Waals surface area contributed by atoms with Crippen LogP contribution in [0.3, 0.4) is 0 Å². The first-order valence-electron chi connectivity index (χ1n) is 12.7. The molecule has 0 radical (unpaired) electrons. The Hall–Kier alpha value is -4.59. The van der Waals surface area contributed by atoms with Gasteiger partial charge in [-0.15, -0.1) is 0 Å². The van der Waals surface area contributed by atoms with Crippen molar-refractivity contribution in [1.82, 2.24) is 9.97 Å². The molecule has 0 unspecified atom stereocenters. The third kappa shape index (κ3) is 5.50. The molecule has 4 aromatic rings. The Morgan fingerprint density at radius 3 is 2.49 bits per heavy atom. The maximum Gasteiger partial charge on any atom is 0.305 e. The summed E-state index contributed by atoms with van der Waals surface area (Å²) in [4.78, 5) is 20.6. The fraction of sp³-hybridized carbons (Fsp3) is 0.226. The van der Waals surface area contributed by atoms with Gasteiger partial charge in [-0.25, -0.2) is 14.4 Å². The van der Waals surface area contributed by atoms with Crippen LogP contribution in [0.15, 0.2) is 84.1 Å². The molecule has 2 atom stereocenters. The van der Waals surface area contributed by atoms with Gasteiger partial charge in [0.15, 0.2) is 5.82 Å². The van der Waals surface area contributed by atoms with Crippen molar-refractivity contribution in [3.63, 3.8) is 0 Å². The van der Waals surface area contributed by atoms with E-state index in [-0.39, 0.29) is 18.4 Å². The Labute approximate surface area is 226 Å². The highest BCUT2D eigenvalue weighted by molar-refractivity contribution is 6.05. The van der Waals surface area contributed by atoms with E-state index in [2.05, 4.69) is 9.97 Å². The van der Waals surface area contributed by atoms with Gasteiger partial charge in [0.2, 0.25) is 0 Å². The van der Waals surface area contributed by atoms with Crippen molar-refractivity contribution in [2.24, 2.45) is 11.0 Å². The van der Waals surface area contributed by atoms with Gasteiger partial charge in [-0.2, -0.15) is 5.10 Å². The lowest BCUT2D eigenvalue weighted by Crippen LogP contribution is -2.34. The molecule has 1 aliphatic rings. The molecular formula is C31H29FN4O3. The molecule has 198 valence electrons. The zero-order valence-corrected chi connectivity index (χ0v) is 22.0. The van der Waals surface area contributed by atoms with Gasteiger partial charge in [-0.1, -0.05) is 49.4 Å². The highest BCUT2D eigenvalue weighted by atomic mass is 19.1. The Morgan fingerprint density at radius 1 is 1.08 bits per heavy atom. The number of aryl methyl sites for hydroxylation is 1. The van der Waals surface area contributed by atoms with Crippen molar-refractivity contribution >= 4 is 17.4 Å². The summed E-state index contributed by atoms with van der Waals surface area (Å²) < 4.78 is 19.6. The Bertz CT molecular complexity index is 1520. The molecule has 0 saturated carbocycles. The molecule has 3 aromatic carbocycles. The summed E-state index contributed by atoms with van der Waals surface area (Å²) in [6.07, 6.45) is 2.31. The second-order valence-corrected chi connectivity index (χ2v) is 9.64. The fourth-order valence-corrected chi connectivity index (χ4v) is 4.88. The maximum absolute atomic E-state index is 14.4. The predicted molar refractivity (Wildman–Crippen MR) is 149 cm³/mol. The van der Waals surface area contributed by atoms with Crippen molar-refractivity contribution in [3.8, 4) is 17.1 Å². The van der Waals surface area contributed by atoms with Crippen LogP contribution in [-0.2, 0) is 11.2 Å². The summed E-state index contributed by atoms with van der Waals surface area (Å²) in [6.45, 7) is 3.91. The standard InChI is InChI=1S/C31H29FN4O3/c1-19-28(17-29(37)38)36(35-30(19)22-7-5-4-6-8-22)24-11-9-21(10-12-24)15-23-18-33-31(34-20(23)2)26-16-25(39-3)13-14-27(26)32/h4-14,16,18-19,28H,15,17H2,1-3H3,(H,37,38)/t19-,28-/m0/s1. The van der Waals surface area contributed by atoms with Gasteiger partial charge < -0.3 is 9.84 Å². The second-order valence-electron chi connectivity index (χ2n) is 9.64. The van der Waals surface area contributed by atoms with Gasteiger partial charge in [0.05, 0.1) is 36.5 Å². The average Bonchev–Trinajstić information content (AvgIpc) is 3.26. The summed E-state index contributed by atoms with van der Waals surface area (Å²) in [5.41, 5.74) is 5.73. The molecule has 1 N–H and O–H groups in total. The van der Waals surface area contributed by atoms with Gasteiger partial charge >= 0.3 is 5.97 Å². The molecule has 0 amide bonds. The number of halogens is 1. The predicted octanol–water partition coefficient (Wildman–Crippen LogP) is 5.89. The number of carbonyl (C=O) groups is 1. The highest BCUT2D eigenvalue weighted by Gasteiger charge is 2.37. The number of ether oxygens (including phenoxy) is 1. The minimum absolute atomic E-state index is 0.0144. The molecule has 0 saturated heterocycles. The molecule has 2 heterocycles. The van der Waals surface area contributed by atoms with E-state index < -0.39 is 11.8 Å². The number of hydrazone groups is 1. The number of hydrogen-bond donors (Lipinski definition) is 1. The van der Waals surface area contributed by atoms with Crippen molar-refractivity contribution < 1.29 is 19.0 Å². The monoisotopic (exact) mass is 524 g/mol. The molecular weight excluding hydrogens is 495 g/mol. The Kier molecular flexibility index (Phi) is 7.36. The van der Waals surface area contributed by atoms with E-state index in [4.69, 9.17) is 9.84 Å². The molecule has 0 bridgehead atoms. The summed E-state index contributed by atoms with van der Waals surface area (Å²) in [5.74, 6) is -0.464. The molecule has 1 aliphatic heterocycles. The van der Waals surface area contributed by atoms with E-state index in [9.17, 15) is 14.3 Å². The smallest absolute Gasteiger partial charge is 0.305 e. The second kappa shape index (κ2) is 11.0. The van der Waals surface area contributed by atoms with Crippen LogP contribution < -0.4 is 9.75 Å². The summed E-state index contributed by atoms with van der Waals surface area (Å²) in [7, 11) is 1.53. The molecule has 0 aliphatic carbocycles. The number of aromatic nitrogens is 2. The molecule has 0 fully saturated rings. The number of benzene rings is 3. The topological polar surface area (TPSA) is 87.9 Å². The van der Waals surface area contributed by atoms with Crippen molar-refractivity contribution in [2.75, 3.05) is 12.1 Å². The molecule has 0 spiro atoms. The van der Waals surface area contributed by atoms with E-state index in [1.54, 1.807) is 18.3 Å². The maximum atomic E-state index is 14.4. The molecule has 39 heavy (non-hydrogen) atoms. The summed E-state index contributed by atoms with van der Waals surface area (Å²) in [6, 6.07) is 22.0. The van der Waals surface area contributed by atoms with Crippen LogP contribution in [0.5, 0.6) is 5.75 Å². The quantitative estimate of drug-likeness (QED) is 0.309. The van der Waals surface area contributed by atoms with Gasteiger partial charge in [-0.3, -0.25) is 9.80 Å². The van der Waals surface area contributed by atoms with E-state index in [0.29, 0.717) is 23.6 Å². The molecule has 8 heteroatoms. The summed E-state index contributed by atoms with van der Waals surface area (Å²) >= 11 is 0. The van der Waals surface area contributed by atoms with Crippen LogP contribution in [0.1, 0.15) is 35.7 Å². The first-order chi connectivity index (χ1) is 18.8. The van der Waals surface area contributed by atoms with Crippen molar-refractivity contribution in [3.05, 3.63) is 107 Å². The van der Waals surface area contributed by atoms with Gasteiger partial charge in [0.25, 0.3) is 0 Å². The lowest BCUT2D eigenvalue weighted by atomic mass is 9.91. The zero-order chi connectivity index (χ0) is 27.5. The van der Waals surface area contributed by atoms with E-state index in [1.165, 1.54) is 13.2 Å². The van der Waals surface area contributed by atoms with Crippen molar-refractivity contribution in [2.45, 2.75) is 32.7 Å². The molecule has 1 aromatic heterocycles. The van der Waals surface area contributed by atoms with Crippen LogP contribution in [0, 0.1) is 18.7 Å². The van der Waals surface area contributed by atoms with Gasteiger partial charge in [0, 0.05) is 24.2 Å². The van der Waals surface area contributed by atoms with Gasteiger partial charge in [-0.05, 0) is 53.9 Å². The largest absolute Gasteiger partial charge is 0.497 e. The van der Waals surface area contributed by atoms with E-state index >= 15 is 0 Å². The zero-order valence-electron chi connectivity index (χ0n) is 22.0. The third-order valence-electron chi connectivity index (χ3n) is 7.08. The van der Waals surface area contributed by atoms with E-state index in [1.807, 2.05) is 73.5 Å². The van der Waals surface area contributed by atoms with E-state index in [0.717, 1.165) is 33.8 Å². The number of methoxy groups -OCH3 is 1. The number of anilines is 1. The number of nitrogens with zero attached hydrogens (tertiary/aromatic N) is 4. The van der Waals surface area contributed by atoms with Crippen LogP contribution in [0.2, 0.25) is 0 Å². The van der Waals surface area contributed by atoms with Gasteiger partial charge in [0.1, 0.15) is 11.6 Å². The minimum Gasteiger partial charge on any atom is -0.497 e. The Balaban J connectivity index is 1.37. The summed E-state index contributed by atoms with van der Waals surface area (Å²) in [5, 5.41) is 16.3. The number of aliphatic carboxylic acids is 1. The molecule has 5 rings (SSSR count). The first kappa shape index (κ1) is 26.0. The highest BCUT2D eigenvalue weighted by Crippen LogP contribution is 2.33. The van der Waals surface area contributed by atoms with Crippen LogP contribution in [-0.4, -0.2) is 39.9 Å². The lowest BCUT2D eigenvalue weighted by Gasteiger charge is -2.25. The van der Waals surface area contributed by atoms with Crippen LogP contribution >= 0.6 is 0 Å². The minimum atomic E-state index is -0.856. The first-order valence-corrected chi connectivity index (χ1v) is 12.7. The normalized spacial score (nSPS) is 16.7. The van der Waals surface area contributed by atoms with Crippen LogP contribution in [0.4, 0.5) is 10.1 Å². The van der Waals surface area contributed by atoms with Crippen molar-refractivity contribution in [1.29, 1.82) is 0 Å². The number of hydrogen-bond acceptors (Lipinski definition) is 6. The SMILES string of the molecule is COc1ccc(F)c(-c2ncc(Cc3ccc(N4N=C(c5ccccc5)[C@@H](C)[C@@H]4CC(=O)O)cc3)c(C)n2)c1. The lowest BCUT2D eigenvalue weighted by molar-refractivity contribution is -0.137. The number of carboxylic acid groups (broad SMARTS) is 1. The van der Waals surface area contributed by atoms with Crippen LogP contribution in [0.25, 0.3) is 11.4 Å². The number of carboxylic acids is 1. The fourth-order valence-electron chi connectivity index (χ4n) is 4.88. The molecule has 7 nitrogen and oxygen atoms in total.